The Morgan fingerprint density at radius 2 is 1.91 bits per heavy atom. The van der Waals surface area contributed by atoms with Gasteiger partial charge in [-0.3, -0.25) is 9.78 Å². The first-order chi connectivity index (χ1) is 15.5. The SMILES string of the molecule is CNC(=O)c1ccc2[nH]c(C(C)[C@H]3CC[C@@H](c4ccnc5ccc(F)cc54)CC3)nc2c1. The summed E-state index contributed by atoms with van der Waals surface area (Å²) >= 11 is 0. The molecule has 0 radical (unpaired) electrons. The number of imidazole rings is 1. The zero-order valence-electron chi connectivity index (χ0n) is 18.4. The van der Waals surface area contributed by atoms with E-state index in [-0.39, 0.29) is 11.7 Å². The van der Waals surface area contributed by atoms with E-state index in [9.17, 15) is 9.18 Å². The van der Waals surface area contributed by atoms with Gasteiger partial charge in [0.15, 0.2) is 0 Å². The first-order valence-corrected chi connectivity index (χ1v) is 11.3. The van der Waals surface area contributed by atoms with Gasteiger partial charge in [-0.05, 0) is 85.5 Å². The molecule has 0 saturated heterocycles. The Hall–Kier alpha value is -3.28. The summed E-state index contributed by atoms with van der Waals surface area (Å²) in [4.78, 5) is 24.6. The molecule has 1 saturated carbocycles. The van der Waals surface area contributed by atoms with E-state index in [2.05, 4.69) is 28.3 Å². The predicted molar refractivity (Wildman–Crippen MR) is 124 cm³/mol. The number of fused-ring (bicyclic) bond motifs is 2. The average Bonchev–Trinajstić information content (AvgIpc) is 3.26. The van der Waals surface area contributed by atoms with Crippen molar-refractivity contribution in [2.24, 2.45) is 5.92 Å². The molecule has 0 spiro atoms. The molecule has 0 aliphatic heterocycles. The van der Waals surface area contributed by atoms with Gasteiger partial charge in [0, 0.05) is 30.1 Å². The van der Waals surface area contributed by atoms with E-state index in [0.29, 0.717) is 23.3 Å². The molecule has 1 atom stereocenters. The highest BCUT2D eigenvalue weighted by Gasteiger charge is 2.29. The zero-order chi connectivity index (χ0) is 22.2. The van der Waals surface area contributed by atoms with Crippen LogP contribution in [0.15, 0.2) is 48.7 Å². The lowest BCUT2D eigenvalue weighted by molar-refractivity contribution is 0.0963. The van der Waals surface area contributed by atoms with Crippen molar-refractivity contribution in [2.45, 2.75) is 44.4 Å². The third kappa shape index (κ3) is 3.74. The molecule has 5 nitrogen and oxygen atoms in total. The van der Waals surface area contributed by atoms with Gasteiger partial charge in [0.05, 0.1) is 16.6 Å². The summed E-state index contributed by atoms with van der Waals surface area (Å²) in [6, 6.07) is 12.5. The molecule has 6 heteroatoms. The second-order valence-corrected chi connectivity index (χ2v) is 8.90. The number of benzene rings is 2. The highest BCUT2D eigenvalue weighted by atomic mass is 19.1. The lowest BCUT2D eigenvalue weighted by atomic mass is 9.73. The number of hydrogen-bond donors (Lipinski definition) is 2. The van der Waals surface area contributed by atoms with Crippen molar-refractivity contribution >= 4 is 27.8 Å². The second kappa shape index (κ2) is 8.34. The van der Waals surface area contributed by atoms with Gasteiger partial charge in [-0.2, -0.15) is 0 Å². The van der Waals surface area contributed by atoms with Crippen LogP contribution >= 0.6 is 0 Å². The number of carbonyl (C=O) groups is 1. The second-order valence-electron chi connectivity index (χ2n) is 8.90. The Bertz CT molecular complexity index is 1290. The van der Waals surface area contributed by atoms with Crippen LogP contribution in [-0.4, -0.2) is 27.9 Å². The standard InChI is InChI=1S/C26H27FN4O/c1-15(25-30-23-9-7-18(26(32)28-2)13-24(23)31-25)16-3-5-17(6-4-16)20-11-12-29-22-10-8-19(27)14-21(20)22/h7-17H,3-6H2,1-2H3,(H,28,32)(H,30,31)/t15?,16-,17+. The molecular formula is C26H27FN4O. The Morgan fingerprint density at radius 3 is 2.69 bits per heavy atom. The van der Waals surface area contributed by atoms with Gasteiger partial charge < -0.3 is 10.3 Å². The normalized spacial score (nSPS) is 19.8. The molecular weight excluding hydrogens is 403 g/mol. The van der Waals surface area contributed by atoms with Gasteiger partial charge in [-0.25, -0.2) is 9.37 Å². The molecule has 164 valence electrons. The third-order valence-electron chi connectivity index (χ3n) is 7.08. The highest BCUT2D eigenvalue weighted by molar-refractivity contribution is 5.97. The van der Waals surface area contributed by atoms with Crippen molar-refractivity contribution in [1.29, 1.82) is 0 Å². The van der Waals surface area contributed by atoms with Crippen LogP contribution in [-0.2, 0) is 0 Å². The number of rotatable bonds is 4. The molecule has 2 N–H and O–H groups in total. The van der Waals surface area contributed by atoms with Gasteiger partial charge in [0.25, 0.3) is 5.91 Å². The molecule has 32 heavy (non-hydrogen) atoms. The first kappa shape index (κ1) is 20.6. The maximum atomic E-state index is 13.9. The Morgan fingerprint density at radius 1 is 1.09 bits per heavy atom. The van der Waals surface area contributed by atoms with Gasteiger partial charge in [0.1, 0.15) is 11.6 Å². The van der Waals surface area contributed by atoms with Crippen molar-refractivity contribution < 1.29 is 9.18 Å². The zero-order valence-corrected chi connectivity index (χ0v) is 18.4. The van der Waals surface area contributed by atoms with E-state index in [4.69, 9.17) is 4.98 Å². The number of amides is 1. The average molecular weight is 431 g/mol. The maximum absolute atomic E-state index is 13.9. The van der Waals surface area contributed by atoms with E-state index >= 15 is 0 Å². The number of hydrogen-bond acceptors (Lipinski definition) is 3. The molecule has 1 amide bonds. The Balaban J connectivity index is 1.32. The first-order valence-electron chi connectivity index (χ1n) is 11.3. The summed E-state index contributed by atoms with van der Waals surface area (Å²) in [5.74, 6) is 1.93. The van der Waals surface area contributed by atoms with E-state index < -0.39 is 0 Å². The number of nitrogens with zero attached hydrogens (tertiary/aromatic N) is 2. The number of aromatic nitrogens is 3. The number of pyridine rings is 1. The van der Waals surface area contributed by atoms with Crippen molar-refractivity contribution in [3.8, 4) is 0 Å². The predicted octanol–water partition coefficient (Wildman–Crippen LogP) is 5.69. The van der Waals surface area contributed by atoms with Gasteiger partial charge in [-0.15, -0.1) is 0 Å². The number of H-pyrrole nitrogens is 1. The van der Waals surface area contributed by atoms with Crippen LogP contribution in [0, 0.1) is 11.7 Å². The minimum Gasteiger partial charge on any atom is -0.355 e. The molecule has 4 aromatic rings. The van der Waals surface area contributed by atoms with Crippen molar-refractivity contribution in [1.82, 2.24) is 20.3 Å². The van der Waals surface area contributed by atoms with Crippen molar-refractivity contribution in [2.75, 3.05) is 7.05 Å². The monoisotopic (exact) mass is 430 g/mol. The van der Waals surface area contributed by atoms with Gasteiger partial charge in [0.2, 0.25) is 0 Å². The van der Waals surface area contributed by atoms with Crippen molar-refractivity contribution in [3.05, 3.63) is 71.4 Å². The van der Waals surface area contributed by atoms with Crippen molar-refractivity contribution in [3.63, 3.8) is 0 Å². The molecule has 1 fully saturated rings. The van der Waals surface area contributed by atoms with Crippen LogP contribution in [0.1, 0.15) is 66.2 Å². The molecule has 1 unspecified atom stereocenters. The minimum atomic E-state index is -0.210. The summed E-state index contributed by atoms with van der Waals surface area (Å²) in [6.07, 6.45) is 6.19. The van der Waals surface area contributed by atoms with E-state index in [0.717, 1.165) is 53.4 Å². The van der Waals surface area contributed by atoms with E-state index in [1.54, 1.807) is 19.2 Å². The number of halogens is 1. The number of aromatic amines is 1. The fourth-order valence-electron chi connectivity index (χ4n) is 5.18. The smallest absolute Gasteiger partial charge is 0.251 e. The largest absolute Gasteiger partial charge is 0.355 e. The summed E-state index contributed by atoms with van der Waals surface area (Å²) in [5.41, 5.74) is 4.47. The van der Waals surface area contributed by atoms with Crippen LogP contribution in [0.2, 0.25) is 0 Å². The molecule has 0 bridgehead atoms. The third-order valence-corrected chi connectivity index (χ3v) is 7.08. The molecule has 2 aromatic carbocycles. The summed E-state index contributed by atoms with van der Waals surface area (Å²) in [5, 5.41) is 3.60. The minimum absolute atomic E-state index is 0.105. The molecule has 1 aliphatic carbocycles. The number of carbonyl (C=O) groups excluding carboxylic acids is 1. The summed E-state index contributed by atoms with van der Waals surface area (Å²) in [6.45, 7) is 2.24. The Kier molecular flexibility index (Phi) is 5.37. The topological polar surface area (TPSA) is 70.7 Å². The lowest BCUT2D eigenvalue weighted by Crippen LogP contribution is -2.19. The molecule has 5 rings (SSSR count). The van der Waals surface area contributed by atoms with Crippen LogP contribution in [0.4, 0.5) is 4.39 Å². The maximum Gasteiger partial charge on any atom is 0.251 e. The molecule has 2 aromatic heterocycles. The fourth-order valence-corrected chi connectivity index (χ4v) is 5.18. The van der Waals surface area contributed by atoms with E-state index in [1.165, 1.54) is 11.6 Å². The fraction of sp³-hybridized carbons (Fsp3) is 0.346. The van der Waals surface area contributed by atoms with E-state index in [1.807, 2.05) is 24.4 Å². The number of nitrogens with one attached hydrogen (secondary N) is 2. The van der Waals surface area contributed by atoms with Crippen LogP contribution in [0.3, 0.4) is 0 Å². The van der Waals surface area contributed by atoms with Crippen LogP contribution < -0.4 is 5.32 Å². The summed E-state index contributed by atoms with van der Waals surface area (Å²) in [7, 11) is 1.63. The molecule has 1 aliphatic rings. The van der Waals surface area contributed by atoms with Gasteiger partial charge >= 0.3 is 0 Å². The highest BCUT2D eigenvalue weighted by Crippen LogP contribution is 2.43. The van der Waals surface area contributed by atoms with Crippen LogP contribution in [0.5, 0.6) is 0 Å². The van der Waals surface area contributed by atoms with Crippen LogP contribution in [0.25, 0.3) is 21.9 Å². The molecule has 2 heterocycles. The quantitative estimate of drug-likeness (QED) is 0.437. The lowest BCUT2D eigenvalue weighted by Gasteiger charge is -2.32. The summed E-state index contributed by atoms with van der Waals surface area (Å²) < 4.78 is 13.9. The Labute approximate surface area is 186 Å². The van der Waals surface area contributed by atoms with Gasteiger partial charge in [-0.1, -0.05) is 6.92 Å².